The Morgan fingerprint density at radius 1 is 0.692 bits per heavy atom. The van der Waals surface area contributed by atoms with E-state index in [2.05, 4.69) is 0 Å². The number of benzene rings is 2. The summed E-state index contributed by atoms with van der Waals surface area (Å²) in [5.41, 5.74) is 17.0. The van der Waals surface area contributed by atoms with E-state index < -0.39 is 0 Å². The first-order valence-electron chi connectivity index (χ1n) is 8.70. The van der Waals surface area contributed by atoms with Crippen molar-refractivity contribution in [2.24, 2.45) is 11.5 Å². The molecule has 0 fully saturated rings. The summed E-state index contributed by atoms with van der Waals surface area (Å²) in [4.78, 5) is 0. The summed E-state index contributed by atoms with van der Waals surface area (Å²) < 4.78 is 2.31. The van der Waals surface area contributed by atoms with Gasteiger partial charge in [-0.05, 0) is 60.3 Å². The molecule has 0 radical (unpaired) electrons. The summed E-state index contributed by atoms with van der Waals surface area (Å²) in [6.45, 7) is 1.01. The molecule has 2 aromatic carbocycles. The van der Waals surface area contributed by atoms with Gasteiger partial charge in [-0.2, -0.15) is 9.46 Å². The lowest BCUT2D eigenvalue weighted by Gasteiger charge is -2.10. The third-order valence-electron chi connectivity index (χ3n) is 4.89. The second-order valence-corrected chi connectivity index (χ2v) is 6.47. The molecule has 2 aromatic heterocycles. The van der Waals surface area contributed by atoms with Crippen LogP contribution in [0.2, 0.25) is 0 Å². The van der Waals surface area contributed by atoms with E-state index >= 15 is 0 Å². The molecule has 0 aliphatic rings. The van der Waals surface area contributed by atoms with Gasteiger partial charge in [0, 0.05) is 23.2 Å². The normalized spacial score (nSPS) is 11.6. The van der Waals surface area contributed by atoms with E-state index in [1.165, 1.54) is 0 Å². The van der Waals surface area contributed by atoms with E-state index in [4.69, 9.17) is 11.5 Å². The Balaban J connectivity index is 2.08. The highest BCUT2D eigenvalue weighted by Gasteiger charge is 2.18. The predicted molar refractivity (Wildman–Crippen MR) is 103 cm³/mol. The minimum Gasteiger partial charge on any atom is -0.428 e. The average Bonchev–Trinajstić information content (AvgIpc) is 3.14. The van der Waals surface area contributed by atoms with Crippen molar-refractivity contribution in [3.63, 3.8) is 0 Å². The molecule has 4 rings (SSSR count). The Bertz CT molecular complexity index is 1010. The topological polar surface area (TPSA) is 102 Å². The molecular weight excluding hydrogens is 328 g/mol. The zero-order valence-corrected chi connectivity index (χ0v) is 14.4. The fourth-order valence-electron chi connectivity index (χ4n) is 3.84. The Morgan fingerprint density at radius 2 is 1.12 bits per heavy atom. The molecule has 0 amide bonds. The standard InChI is InChI=1S/C20H22N4O2/c21-9-7-13-11-23(25)17-5-1-3-15(19(13)17)16-4-2-6-18-20(16)14(8-10-22)12-24(18)26/h1-6,11-12,25-26H,7-10,21-22H2. The van der Waals surface area contributed by atoms with Crippen molar-refractivity contribution in [2.45, 2.75) is 12.8 Å². The summed E-state index contributed by atoms with van der Waals surface area (Å²) >= 11 is 0. The van der Waals surface area contributed by atoms with Gasteiger partial charge in [0.1, 0.15) is 0 Å². The number of nitrogens with two attached hydrogens (primary N) is 2. The van der Waals surface area contributed by atoms with Gasteiger partial charge >= 0.3 is 0 Å². The molecule has 4 aromatic rings. The van der Waals surface area contributed by atoms with Gasteiger partial charge in [0.2, 0.25) is 0 Å². The Hall–Kier alpha value is -2.96. The predicted octanol–water partition coefficient (Wildman–Crippen LogP) is 2.74. The van der Waals surface area contributed by atoms with Crippen LogP contribution in [0.15, 0.2) is 48.8 Å². The third-order valence-corrected chi connectivity index (χ3v) is 4.89. The molecule has 0 bridgehead atoms. The smallest absolute Gasteiger partial charge is 0.0874 e. The van der Waals surface area contributed by atoms with Gasteiger partial charge in [0.15, 0.2) is 0 Å². The van der Waals surface area contributed by atoms with E-state index in [-0.39, 0.29) is 0 Å². The number of aromatic nitrogens is 2. The lowest BCUT2D eigenvalue weighted by Crippen LogP contribution is -2.03. The fourth-order valence-corrected chi connectivity index (χ4v) is 3.84. The van der Waals surface area contributed by atoms with Crippen molar-refractivity contribution in [1.82, 2.24) is 9.46 Å². The summed E-state index contributed by atoms with van der Waals surface area (Å²) in [6, 6.07) is 11.7. The molecule has 0 spiro atoms. The van der Waals surface area contributed by atoms with Crippen LogP contribution in [-0.4, -0.2) is 33.0 Å². The first kappa shape index (κ1) is 16.5. The van der Waals surface area contributed by atoms with Crippen molar-refractivity contribution in [3.8, 4) is 11.1 Å². The van der Waals surface area contributed by atoms with Crippen LogP contribution in [0.1, 0.15) is 11.1 Å². The molecule has 6 heteroatoms. The van der Waals surface area contributed by atoms with Crippen molar-refractivity contribution in [3.05, 3.63) is 59.9 Å². The number of hydrogen-bond donors (Lipinski definition) is 4. The summed E-state index contributed by atoms with van der Waals surface area (Å²) in [7, 11) is 0. The minimum atomic E-state index is 0.503. The van der Waals surface area contributed by atoms with Crippen LogP contribution >= 0.6 is 0 Å². The van der Waals surface area contributed by atoms with E-state index in [9.17, 15) is 10.4 Å². The van der Waals surface area contributed by atoms with Gasteiger partial charge < -0.3 is 21.9 Å². The third kappa shape index (κ3) is 2.42. The highest BCUT2D eigenvalue weighted by Crippen LogP contribution is 2.38. The van der Waals surface area contributed by atoms with E-state index in [0.717, 1.165) is 53.5 Å². The molecule has 134 valence electrons. The average molecular weight is 350 g/mol. The Labute approximate surface area is 150 Å². The summed E-state index contributed by atoms with van der Waals surface area (Å²) in [5.74, 6) is 0. The van der Waals surface area contributed by atoms with E-state index in [1.807, 2.05) is 36.4 Å². The zero-order valence-electron chi connectivity index (χ0n) is 14.4. The molecule has 0 atom stereocenters. The maximum atomic E-state index is 10.3. The van der Waals surface area contributed by atoms with Crippen LogP contribution in [0.25, 0.3) is 32.9 Å². The van der Waals surface area contributed by atoms with Crippen LogP contribution in [0.4, 0.5) is 0 Å². The second-order valence-electron chi connectivity index (χ2n) is 6.47. The molecular formula is C20H22N4O2. The molecule has 0 aliphatic carbocycles. The van der Waals surface area contributed by atoms with Crippen molar-refractivity contribution >= 4 is 21.8 Å². The highest BCUT2D eigenvalue weighted by molar-refractivity contribution is 6.06. The van der Waals surface area contributed by atoms with Crippen LogP contribution in [0, 0.1) is 0 Å². The van der Waals surface area contributed by atoms with Gasteiger partial charge in [-0.25, -0.2) is 0 Å². The maximum Gasteiger partial charge on any atom is 0.0874 e. The highest BCUT2D eigenvalue weighted by atomic mass is 16.5. The van der Waals surface area contributed by atoms with Gasteiger partial charge in [0.05, 0.1) is 11.0 Å². The first-order valence-corrected chi connectivity index (χ1v) is 8.70. The maximum absolute atomic E-state index is 10.3. The van der Waals surface area contributed by atoms with Crippen LogP contribution in [-0.2, 0) is 12.8 Å². The molecule has 0 saturated carbocycles. The minimum absolute atomic E-state index is 0.503. The molecule has 6 nitrogen and oxygen atoms in total. The molecule has 2 heterocycles. The number of rotatable bonds is 5. The van der Waals surface area contributed by atoms with E-state index in [0.29, 0.717) is 25.9 Å². The summed E-state index contributed by atoms with van der Waals surface area (Å²) in [5, 5.41) is 22.5. The van der Waals surface area contributed by atoms with Crippen LogP contribution in [0.3, 0.4) is 0 Å². The fraction of sp³-hybridized carbons (Fsp3) is 0.200. The van der Waals surface area contributed by atoms with Gasteiger partial charge in [-0.3, -0.25) is 0 Å². The van der Waals surface area contributed by atoms with Crippen molar-refractivity contribution < 1.29 is 10.4 Å². The van der Waals surface area contributed by atoms with Crippen molar-refractivity contribution in [1.29, 1.82) is 0 Å². The Kier molecular flexibility index (Phi) is 4.06. The molecule has 0 unspecified atom stereocenters. The number of hydrogen-bond acceptors (Lipinski definition) is 4. The molecule has 6 N–H and O–H groups in total. The van der Waals surface area contributed by atoms with Crippen LogP contribution < -0.4 is 11.5 Å². The summed E-state index contributed by atoms with van der Waals surface area (Å²) in [6.07, 6.45) is 4.79. The zero-order chi connectivity index (χ0) is 18.3. The van der Waals surface area contributed by atoms with Gasteiger partial charge in [-0.15, -0.1) is 0 Å². The van der Waals surface area contributed by atoms with E-state index in [1.54, 1.807) is 12.4 Å². The van der Waals surface area contributed by atoms with Crippen LogP contribution in [0.5, 0.6) is 0 Å². The monoisotopic (exact) mass is 350 g/mol. The number of nitrogens with zero attached hydrogens (tertiary/aromatic N) is 2. The molecule has 0 saturated heterocycles. The lowest BCUT2D eigenvalue weighted by molar-refractivity contribution is 0.199. The van der Waals surface area contributed by atoms with Crippen molar-refractivity contribution in [2.75, 3.05) is 13.1 Å². The van der Waals surface area contributed by atoms with Gasteiger partial charge in [-0.1, -0.05) is 24.3 Å². The molecule has 26 heavy (non-hydrogen) atoms. The largest absolute Gasteiger partial charge is 0.428 e. The van der Waals surface area contributed by atoms with Gasteiger partial charge in [0.25, 0.3) is 0 Å². The SMILES string of the molecule is NCCc1cn(O)c2cccc(-c3cccc4c3c(CCN)cn4O)c12. The quantitative estimate of drug-likeness (QED) is 0.416. The first-order chi connectivity index (χ1) is 12.7. The lowest BCUT2D eigenvalue weighted by atomic mass is 9.94. The Morgan fingerprint density at radius 3 is 1.50 bits per heavy atom. The molecule has 0 aliphatic heterocycles. The second kappa shape index (κ2) is 6.40. The number of fused-ring (bicyclic) bond motifs is 2.